The van der Waals surface area contributed by atoms with E-state index in [0.717, 1.165) is 12.3 Å². The van der Waals surface area contributed by atoms with Gasteiger partial charge in [-0.25, -0.2) is 0 Å². The van der Waals surface area contributed by atoms with Gasteiger partial charge in [0.25, 0.3) is 5.76 Å². The Balaban J connectivity index is 2.37. The van der Waals surface area contributed by atoms with Crippen molar-refractivity contribution in [3.8, 4) is 0 Å². The van der Waals surface area contributed by atoms with Crippen LogP contribution in [0.2, 0.25) is 0 Å². The quantitative estimate of drug-likeness (QED) is 0.570. The molecule has 0 aliphatic heterocycles. The van der Waals surface area contributed by atoms with E-state index in [0.29, 0.717) is 35.7 Å². The molecule has 1 rings (SSSR count). The Morgan fingerprint density at radius 1 is 1.28 bits per heavy atom. The van der Waals surface area contributed by atoms with E-state index in [9.17, 15) is 8.78 Å². The minimum atomic E-state index is -2.40. The molecule has 0 saturated carbocycles. The van der Waals surface area contributed by atoms with Gasteiger partial charge in [0.2, 0.25) is 0 Å². The number of ether oxygens (including phenoxy) is 1. The Bertz CT molecular complexity index is 348. The number of halogens is 2. The lowest BCUT2D eigenvalue weighted by Gasteiger charge is -2.12. The van der Waals surface area contributed by atoms with Gasteiger partial charge >= 0.3 is 0 Å². The summed E-state index contributed by atoms with van der Waals surface area (Å²) in [4.78, 5) is 0.566. The van der Waals surface area contributed by atoms with Crippen molar-refractivity contribution in [2.45, 2.75) is 24.5 Å². The number of thioether (sulfide) groups is 1. The van der Waals surface area contributed by atoms with Crippen LogP contribution >= 0.6 is 11.8 Å². The largest absolute Gasteiger partial charge is 0.382 e. The highest BCUT2D eigenvalue weighted by Crippen LogP contribution is 2.31. The number of alkyl halides is 2. The molecule has 0 saturated heterocycles. The lowest BCUT2D eigenvalue weighted by molar-refractivity contribution is 0.118. The van der Waals surface area contributed by atoms with Crippen LogP contribution in [0.3, 0.4) is 0 Å². The summed E-state index contributed by atoms with van der Waals surface area (Å²) in [5.74, 6) is -1.89. The number of anilines is 1. The maximum atomic E-state index is 12.3. The van der Waals surface area contributed by atoms with Gasteiger partial charge in [0, 0.05) is 23.7 Å². The van der Waals surface area contributed by atoms with E-state index in [2.05, 4.69) is 19.2 Å². The Labute approximate surface area is 111 Å². The van der Waals surface area contributed by atoms with Gasteiger partial charge in [0.05, 0.1) is 6.61 Å². The zero-order valence-corrected chi connectivity index (χ0v) is 11.5. The van der Waals surface area contributed by atoms with Gasteiger partial charge in [-0.1, -0.05) is 37.7 Å². The Kier molecular flexibility index (Phi) is 7.05. The standard InChI is InChI=1S/C13H19F2NOS/c1-10(2)9-17-8-7-16-11-5-3-4-6-12(11)18-13(14)15/h3-6,10,13,16H,7-9H2,1-2H3. The lowest BCUT2D eigenvalue weighted by atomic mass is 10.2. The molecule has 0 radical (unpaired) electrons. The monoisotopic (exact) mass is 275 g/mol. The van der Waals surface area contributed by atoms with Crippen molar-refractivity contribution in [3.05, 3.63) is 24.3 Å². The third-order valence-electron chi connectivity index (χ3n) is 2.12. The highest BCUT2D eigenvalue weighted by molar-refractivity contribution is 7.99. The maximum absolute atomic E-state index is 12.3. The van der Waals surface area contributed by atoms with Crippen LogP contribution < -0.4 is 5.32 Å². The molecule has 1 aromatic carbocycles. The third-order valence-corrected chi connectivity index (χ3v) is 2.90. The summed E-state index contributed by atoms with van der Waals surface area (Å²) in [6, 6.07) is 7.07. The Hall–Kier alpha value is -0.810. The van der Waals surface area contributed by atoms with Gasteiger partial charge < -0.3 is 10.1 Å². The predicted molar refractivity (Wildman–Crippen MR) is 72.4 cm³/mol. The van der Waals surface area contributed by atoms with Crippen LogP contribution in [0.25, 0.3) is 0 Å². The van der Waals surface area contributed by atoms with Gasteiger partial charge in [-0.3, -0.25) is 0 Å². The zero-order valence-electron chi connectivity index (χ0n) is 10.7. The number of hydrogen-bond donors (Lipinski definition) is 1. The molecule has 1 N–H and O–H groups in total. The van der Waals surface area contributed by atoms with E-state index in [-0.39, 0.29) is 0 Å². The molecule has 5 heteroatoms. The molecule has 0 spiro atoms. The van der Waals surface area contributed by atoms with E-state index in [1.807, 2.05) is 6.07 Å². The van der Waals surface area contributed by atoms with Crippen molar-refractivity contribution in [1.29, 1.82) is 0 Å². The minimum Gasteiger partial charge on any atom is -0.382 e. The molecule has 0 heterocycles. The first-order chi connectivity index (χ1) is 8.59. The zero-order chi connectivity index (χ0) is 13.4. The molecule has 0 atom stereocenters. The minimum absolute atomic E-state index is 0.506. The third kappa shape index (κ3) is 6.21. The van der Waals surface area contributed by atoms with Crippen LogP contribution in [0.5, 0.6) is 0 Å². The van der Waals surface area contributed by atoms with E-state index in [4.69, 9.17) is 4.74 Å². The first kappa shape index (κ1) is 15.2. The van der Waals surface area contributed by atoms with E-state index < -0.39 is 5.76 Å². The molecule has 18 heavy (non-hydrogen) atoms. The number of nitrogens with one attached hydrogen (secondary N) is 1. The van der Waals surface area contributed by atoms with Crippen molar-refractivity contribution >= 4 is 17.4 Å². The summed E-state index contributed by atoms with van der Waals surface area (Å²) in [6.45, 7) is 6.08. The summed E-state index contributed by atoms with van der Waals surface area (Å²) in [5.41, 5.74) is 0.732. The van der Waals surface area contributed by atoms with Gasteiger partial charge in [-0.15, -0.1) is 0 Å². The molecule has 1 aromatic rings. The fourth-order valence-corrected chi connectivity index (χ4v) is 2.00. The molecule has 0 unspecified atom stereocenters. The Morgan fingerprint density at radius 2 is 2.00 bits per heavy atom. The smallest absolute Gasteiger partial charge is 0.288 e. The van der Waals surface area contributed by atoms with Crippen molar-refractivity contribution in [1.82, 2.24) is 0 Å². The summed E-state index contributed by atoms with van der Waals surface area (Å²) in [6.07, 6.45) is 0. The maximum Gasteiger partial charge on any atom is 0.288 e. The number of rotatable bonds is 8. The fraction of sp³-hybridized carbons (Fsp3) is 0.538. The summed E-state index contributed by atoms with van der Waals surface area (Å²) in [5, 5.41) is 3.11. The number of hydrogen-bond acceptors (Lipinski definition) is 3. The van der Waals surface area contributed by atoms with Crippen molar-refractivity contribution in [2.24, 2.45) is 5.92 Å². The Morgan fingerprint density at radius 3 is 2.67 bits per heavy atom. The molecular weight excluding hydrogens is 256 g/mol. The van der Waals surface area contributed by atoms with Crippen molar-refractivity contribution in [3.63, 3.8) is 0 Å². The molecule has 2 nitrogen and oxygen atoms in total. The van der Waals surface area contributed by atoms with Crippen molar-refractivity contribution < 1.29 is 13.5 Å². The molecule has 0 aromatic heterocycles. The van der Waals surface area contributed by atoms with Crippen LogP contribution in [0.15, 0.2) is 29.2 Å². The van der Waals surface area contributed by atoms with Crippen LogP contribution in [0.1, 0.15) is 13.8 Å². The van der Waals surface area contributed by atoms with Gasteiger partial charge in [0.1, 0.15) is 0 Å². The predicted octanol–water partition coefficient (Wildman–Crippen LogP) is 4.09. The molecule has 0 amide bonds. The van der Waals surface area contributed by atoms with E-state index >= 15 is 0 Å². The van der Waals surface area contributed by atoms with Gasteiger partial charge in [0.15, 0.2) is 0 Å². The highest BCUT2D eigenvalue weighted by Gasteiger charge is 2.08. The second-order valence-electron chi connectivity index (χ2n) is 4.27. The number of benzene rings is 1. The van der Waals surface area contributed by atoms with Crippen LogP contribution in [0, 0.1) is 5.92 Å². The van der Waals surface area contributed by atoms with E-state index in [1.165, 1.54) is 0 Å². The number of para-hydroxylation sites is 1. The molecular formula is C13H19F2NOS. The first-order valence-corrected chi connectivity index (χ1v) is 6.83. The summed E-state index contributed by atoms with van der Waals surface area (Å²) in [7, 11) is 0. The molecule has 0 aliphatic carbocycles. The van der Waals surface area contributed by atoms with Crippen LogP contribution in [-0.2, 0) is 4.74 Å². The average Bonchev–Trinajstić information content (AvgIpc) is 2.29. The lowest BCUT2D eigenvalue weighted by Crippen LogP contribution is -2.12. The topological polar surface area (TPSA) is 21.3 Å². The average molecular weight is 275 g/mol. The second kappa shape index (κ2) is 8.32. The van der Waals surface area contributed by atoms with Crippen LogP contribution in [-0.4, -0.2) is 25.5 Å². The first-order valence-electron chi connectivity index (χ1n) is 5.95. The SMILES string of the molecule is CC(C)COCCNc1ccccc1SC(F)F. The molecule has 102 valence electrons. The van der Waals surface area contributed by atoms with Gasteiger partial charge in [-0.05, 0) is 18.1 Å². The fourth-order valence-electron chi connectivity index (χ4n) is 1.39. The molecule has 0 aliphatic rings. The normalized spacial score (nSPS) is 11.2. The summed E-state index contributed by atoms with van der Waals surface area (Å²) >= 11 is 0.557. The molecule has 0 fully saturated rings. The summed E-state index contributed by atoms with van der Waals surface area (Å²) < 4.78 is 30.1. The van der Waals surface area contributed by atoms with Gasteiger partial charge in [-0.2, -0.15) is 8.78 Å². The van der Waals surface area contributed by atoms with E-state index in [1.54, 1.807) is 18.2 Å². The van der Waals surface area contributed by atoms with Crippen LogP contribution in [0.4, 0.5) is 14.5 Å². The second-order valence-corrected chi connectivity index (χ2v) is 5.30. The molecule has 0 bridgehead atoms. The van der Waals surface area contributed by atoms with Crippen molar-refractivity contribution in [2.75, 3.05) is 25.1 Å². The highest BCUT2D eigenvalue weighted by atomic mass is 32.2.